The van der Waals surface area contributed by atoms with Crippen molar-refractivity contribution in [2.75, 3.05) is 0 Å². The number of hydrogen-bond donors (Lipinski definition) is 0. The number of nitrogens with zero attached hydrogens (tertiary/aromatic N) is 1. The van der Waals surface area contributed by atoms with Crippen molar-refractivity contribution in [2.24, 2.45) is 0 Å². The van der Waals surface area contributed by atoms with Gasteiger partial charge in [0.1, 0.15) is 0 Å². The second-order valence-corrected chi connectivity index (χ2v) is 1.20. The largest absolute Gasteiger partial charge is 0.402 e. The highest BCUT2D eigenvalue weighted by atomic mass is 35.5. The lowest BCUT2D eigenvalue weighted by molar-refractivity contribution is 0.337. The molecule has 0 bridgehead atoms. The summed E-state index contributed by atoms with van der Waals surface area (Å²) in [6.07, 6.45) is 1.09. The molecule has 4 heteroatoms. The molecule has 2 nitrogen and oxygen atoms in total. The van der Waals surface area contributed by atoms with Crippen LogP contribution in [-0.4, -0.2) is 4.98 Å². The first kappa shape index (κ1) is 4.59. The molecule has 1 heterocycles. The molecule has 0 unspecified atom stereocenters. The molecule has 0 saturated carbocycles. The molecule has 0 fully saturated rings. The van der Waals surface area contributed by atoms with E-state index >= 15 is 0 Å². The second-order valence-electron chi connectivity index (χ2n) is 0.852. The highest BCUT2D eigenvalue weighted by Crippen LogP contribution is 2.05. The lowest BCUT2D eigenvalue weighted by Gasteiger charge is -1.66. The van der Waals surface area contributed by atoms with Gasteiger partial charge in [0.2, 0.25) is 5.22 Å². The molecule has 0 aromatic carbocycles. The van der Waals surface area contributed by atoms with Gasteiger partial charge in [-0.15, -0.1) is 4.39 Å². The van der Waals surface area contributed by atoms with Gasteiger partial charge < -0.3 is 4.42 Å². The molecule has 0 N–H and O–H groups in total. The molecule has 1 aromatic heterocycles. The summed E-state index contributed by atoms with van der Waals surface area (Å²) in [7, 11) is 0. The van der Waals surface area contributed by atoms with Crippen molar-refractivity contribution in [3.8, 4) is 0 Å². The van der Waals surface area contributed by atoms with E-state index in [2.05, 4.69) is 9.40 Å². The van der Waals surface area contributed by atoms with Crippen molar-refractivity contribution in [1.82, 2.24) is 4.98 Å². The van der Waals surface area contributed by atoms with E-state index in [1.807, 2.05) is 6.20 Å². The molecule has 37 valence electrons. The molecule has 1 aromatic rings. The van der Waals surface area contributed by atoms with Crippen LogP contribution < -0.4 is 0 Å². The van der Waals surface area contributed by atoms with Crippen molar-refractivity contribution >= 4 is 11.6 Å². The Kier molecular flexibility index (Phi) is 0.982. The Balaban J connectivity index is 3.04. The fourth-order valence-corrected chi connectivity index (χ4v) is 0.313. The van der Waals surface area contributed by atoms with Crippen LogP contribution in [0.5, 0.6) is 0 Å². The van der Waals surface area contributed by atoms with Gasteiger partial charge in [-0.2, -0.15) is 4.98 Å². The Morgan fingerprint density at radius 1 is 1.86 bits per heavy atom. The van der Waals surface area contributed by atoms with E-state index in [1.165, 1.54) is 0 Å². The third-order valence-electron chi connectivity index (χ3n) is 0.406. The van der Waals surface area contributed by atoms with E-state index in [1.54, 1.807) is 0 Å². The third-order valence-corrected chi connectivity index (χ3v) is 0.567. The molecule has 0 aliphatic carbocycles. The highest BCUT2D eigenvalue weighted by Gasteiger charge is 1.95. The van der Waals surface area contributed by atoms with Crippen LogP contribution >= 0.6 is 11.6 Å². The molecule has 0 saturated heterocycles. The lowest BCUT2D eigenvalue weighted by atomic mass is 11.0. The molecule has 1 radical (unpaired) electrons. The SMILES string of the molecule is Fc1n[c]c(Cl)o1. The minimum absolute atomic E-state index is 0.155. The number of aromatic nitrogens is 1. The topological polar surface area (TPSA) is 26.0 Å². The summed E-state index contributed by atoms with van der Waals surface area (Å²) < 4.78 is 15.5. The van der Waals surface area contributed by atoms with Crippen LogP contribution in [0.25, 0.3) is 0 Å². The minimum Gasteiger partial charge on any atom is -0.402 e. The number of halogens is 2. The van der Waals surface area contributed by atoms with Crippen LogP contribution in [0.1, 0.15) is 0 Å². The van der Waals surface area contributed by atoms with Crippen LogP contribution in [-0.2, 0) is 0 Å². The average molecular weight is 120 g/mol. The number of oxazole rings is 1. The molecular formula is C3ClFNO. The smallest absolute Gasteiger partial charge is 0.383 e. The molecule has 0 aliphatic heterocycles. The van der Waals surface area contributed by atoms with Gasteiger partial charge in [-0.25, -0.2) is 0 Å². The molecule has 0 atom stereocenters. The molecule has 0 amide bonds. The molecule has 1 rings (SSSR count). The predicted octanol–water partition coefficient (Wildman–Crippen LogP) is 1.27. The maximum Gasteiger partial charge on any atom is 0.383 e. The first-order chi connectivity index (χ1) is 3.29. The maximum atomic E-state index is 11.5. The lowest BCUT2D eigenvalue weighted by Crippen LogP contribution is -1.61. The summed E-state index contributed by atoms with van der Waals surface area (Å²) in [5.41, 5.74) is 0. The Labute approximate surface area is 43.9 Å². The quantitative estimate of drug-likeness (QED) is 0.515. The van der Waals surface area contributed by atoms with Crippen molar-refractivity contribution in [3.63, 3.8) is 0 Å². The zero-order valence-electron chi connectivity index (χ0n) is 3.11. The fourth-order valence-electron chi connectivity index (χ4n) is 0.207. The Morgan fingerprint density at radius 3 is 2.71 bits per heavy atom. The van der Waals surface area contributed by atoms with E-state index in [9.17, 15) is 4.39 Å². The van der Waals surface area contributed by atoms with Crippen molar-refractivity contribution < 1.29 is 8.81 Å². The Bertz CT molecular complexity index is 147. The summed E-state index contributed by atoms with van der Waals surface area (Å²) in [5.74, 6) is 0. The van der Waals surface area contributed by atoms with E-state index < -0.39 is 6.14 Å². The van der Waals surface area contributed by atoms with Gasteiger partial charge in [0, 0.05) is 0 Å². The van der Waals surface area contributed by atoms with E-state index in [0.29, 0.717) is 0 Å². The average Bonchev–Trinajstić information content (AvgIpc) is 1.87. The second kappa shape index (κ2) is 1.50. The maximum absolute atomic E-state index is 11.5. The minimum atomic E-state index is -0.954. The van der Waals surface area contributed by atoms with Crippen molar-refractivity contribution in [3.05, 3.63) is 17.6 Å². The third kappa shape index (κ3) is 0.899. The van der Waals surface area contributed by atoms with Gasteiger partial charge in [0.05, 0.1) is 0 Å². The van der Waals surface area contributed by atoms with Crippen LogP contribution in [0, 0.1) is 12.3 Å². The first-order valence-corrected chi connectivity index (χ1v) is 1.86. The van der Waals surface area contributed by atoms with Crippen LogP contribution in [0.3, 0.4) is 0 Å². The van der Waals surface area contributed by atoms with Crippen LogP contribution in [0.2, 0.25) is 5.22 Å². The number of hydrogen-bond acceptors (Lipinski definition) is 2. The van der Waals surface area contributed by atoms with Gasteiger partial charge in [-0.1, -0.05) is 0 Å². The molecule has 7 heavy (non-hydrogen) atoms. The summed E-state index contributed by atoms with van der Waals surface area (Å²) in [6, 6.07) is 0. The highest BCUT2D eigenvalue weighted by molar-refractivity contribution is 6.28. The molecule has 0 aliphatic rings. The first-order valence-electron chi connectivity index (χ1n) is 1.48. The summed E-state index contributed by atoms with van der Waals surface area (Å²) >= 11 is 5.04. The normalized spacial score (nSPS) is 9.43. The monoisotopic (exact) mass is 120 g/mol. The van der Waals surface area contributed by atoms with E-state index in [0.717, 1.165) is 0 Å². The van der Waals surface area contributed by atoms with Crippen molar-refractivity contribution in [2.45, 2.75) is 0 Å². The number of rotatable bonds is 0. The van der Waals surface area contributed by atoms with Gasteiger partial charge in [0.15, 0.2) is 6.20 Å². The van der Waals surface area contributed by atoms with Crippen molar-refractivity contribution in [1.29, 1.82) is 0 Å². The Hall–Kier alpha value is -0.570. The molecular weight excluding hydrogens is 120 g/mol. The Morgan fingerprint density at radius 2 is 2.57 bits per heavy atom. The van der Waals surface area contributed by atoms with Crippen LogP contribution in [0.4, 0.5) is 4.39 Å². The van der Waals surface area contributed by atoms with Crippen LogP contribution in [0.15, 0.2) is 4.42 Å². The summed E-state index contributed by atoms with van der Waals surface area (Å²) in [6.45, 7) is 0. The predicted molar refractivity (Wildman–Crippen MR) is 20.3 cm³/mol. The standard InChI is InChI=1S/C3ClFNO/c4-2-1-6-3(5)7-2. The van der Waals surface area contributed by atoms with E-state index in [4.69, 9.17) is 11.6 Å². The summed E-state index contributed by atoms with van der Waals surface area (Å²) in [5, 5.41) is -0.155. The van der Waals surface area contributed by atoms with Gasteiger partial charge in [-0.05, 0) is 11.6 Å². The van der Waals surface area contributed by atoms with E-state index in [-0.39, 0.29) is 5.22 Å². The van der Waals surface area contributed by atoms with Gasteiger partial charge >= 0.3 is 6.14 Å². The van der Waals surface area contributed by atoms with Gasteiger partial charge in [-0.3, -0.25) is 0 Å². The fraction of sp³-hybridized carbons (Fsp3) is 0. The molecule has 0 spiro atoms. The zero-order chi connectivity index (χ0) is 5.28. The van der Waals surface area contributed by atoms with Gasteiger partial charge in [0.25, 0.3) is 0 Å². The summed E-state index contributed by atoms with van der Waals surface area (Å²) in [4.78, 5) is 2.93. The zero-order valence-corrected chi connectivity index (χ0v) is 3.87.